The summed E-state index contributed by atoms with van der Waals surface area (Å²) in [5, 5.41) is 5.93. The molecule has 0 saturated carbocycles. The van der Waals surface area contributed by atoms with E-state index in [1.54, 1.807) is 17.0 Å². The summed E-state index contributed by atoms with van der Waals surface area (Å²) >= 11 is 7.19. The highest BCUT2D eigenvalue weighted by molar-refractivity contribution is 7.99. The summed E-state index contributed by atoms with van der Waals surface area (Å²) in [4.78, 5) is 26.5. The number of anilines is 1. The van der Waals surface area contributed by atoms with Crippen molar-refractivity contribution < 1.29 is 18.0 Å². The fourth-order valence-corrected chi connectivity index (χ4v) is 7.16. The lowest BCUT2D eigenvalue weighted by atomic mass is 9.94. The first-order valence-corrected chi connectivity index (χ1v) is 14.9. The highest BCUT2D eigenvalue weighted by atomic mass is 35.5. The summed E-state index contributed by atoms with van der Waals surface area (Å²) in [6, 6.07) is 4.34. The molecule has 8 nitrogen and oxygen atoms in total. The molecule has 0 radical (unpaired) electrons. The first kappa shape index (κ1) is 27.1. The molecule has 2 amide bonds. The van der Waals surface area contributed by atoms with Crippen LogP contribution >= 0.6 is 23.4 Å². The third-order valence-corrected chi connectivity index (χ3v) is 8.99. The molecule has 1 aromatic rings. The average molecular weight is 531 g/mol. The Labute approximate surface area is 212 Å². The van der Waals surface area contributed by atoms with Gasteiger partial charge >= 0.3 is 0 Å². The van der Waals surface area contributed by atoms with Crippen molar-refractivity contribution >= 4 is 50.9 Å². The SMILES string of the molecule is CC(=O)NCSC[C@H](NS(=O)(=O)c1cccc2c1NCC(C)C2)C(=O)N1CCC(CCCl)CC1. The molecule has 1 fully saturated rings. The van der Waals surface area contributed by atoms with E-state index in [0.29, 0.717) is 48.9 Å². The van der Waals surface area contributed by atoms with Crippen LogP contribution in [0.2, 0.25) is 0 Å². The van der Waals surface area contributed by atoms with Crippen LogP contribution in [0.3, 0.4) is 0 Å². The molecule has 1 saturated heterocycles. The molecule has 0 spiro atoms. The summed E-state index contributed by atoms with van der Waals surface area (Å²) in [6.07, 6.45) is 3.46. The monoisotopic (exact) mass is 530 g/mol. The molecule has 190 valence electrons. The molecule has 2 atom stereocenters. The molecule has 2 aliphatic heterocycles. The smallest absolute Gasteiger partial charge is 0.243 e. The minimum atomic E-state index is -3.95. The van der Waals surface area contributed by atoms with Crippen molar-refractivity contribution in [3.05, 3.63) is 23.8 Å². The molecule has 34 heavy (non-hydrogen) atoms. The van der Waals surface area contributed by atoms with E-state index in [4.69, 9.17) is 11.6 Å². The van der Waals surface area contributed by atoms with E-state index in [-0.39, 0.29) is 22.5 Å². The van der Waals surface area contributed by atoms with Crippen molar-refractivity contribution in [2.24, 2.45) is 11.8 Å². The molecule has 2 heterocycles. The third kappa shape index (κ3) is 7.26. The zero-order valence-electron chi connectivity index (χ0n) is 19.8. The fourth-order valence-electron chi connectivity index (χ4n) is 4.45. The van der Waals surface area contributed by atoms with Gasteiger partial charge in [-0.15, -0.1) is 23.4 Å². The van der Waals surface area contributed by atoms with Gasteiger partial charge in [0.1, 0.15) is 10.9 Å². The molecule has 0 aliphatic carbocycles. The number of carbonyl (C=O) groups excluding carboxylic acids is 2. The number of thioether (sulfide) groups is 1. The zero-order valence-corrected chi connectivity index (χ0v) is 22.2. The van der Waals surface area contributed by atoms with Crippen LogP contribution < -0.4 is 15.4 Å². The lowest BCUT2D eigenvalue weighted by molar-refractivity contribution is -0.133. The first-order chi connectivity index (χ1) is 16.2. The summed E-state index contributed by atoms with van der Waals surface area (Å²) in [5.74, 6) is 1.64. The van der Waals surface area contributed by atoms with Crippen molar-refractivity contribution in [1.29, 1.82) is 0 Å². The van der Waals surface area contributed by atoms with E-state index in [0.717, 1.165) is 31.2 Å². The lowest BCUT2D eigenvalue weighted by Gasteiger charge is -2.34. The standard InChI is InChI=1S/C23H35ClN4O4S2/c1-16-12-19-4-3-5-21(22(19)25-13-16)34(31,32)27-20(14-33-15-26-17(2)29)23(30)28-10-7-18(6-9-24)8-11-28/h3-5,16,18,20,25,27H,6-15H2,1-2H3,(H,26,29)/t16?,20-/m0/s1. The Kier molecular flexibility index (Phi) is 9.94. The van der Waals surface area contributed by atoms with E-state index < -0.39 is 16.1 Å². The number of hydrogen-bond donors (Lipinski definition) is 3. The van der Waals surface area contributed by atoms with E-state index in [2.05, 4.69) is 22.3 Å². The number of nitrogens with one attached hydrogen (secondary N) is 3. The second kappa shape index (κ2) is 12.5. The van der Waals surface area contributed by atoms with Crippen LogP contribution in [-0.4, -0.2) is 68.3 Å². The average Bonchev–Trinajstić information content (AvgIpc) is 2.80. The number of piperidine rings is 1. The summed E-state index contributed by atoms with van der Waals surface area (Å²) < 4.78 is 29.6. The van der Waals surface area contributed by atoms with Gasteiger partial charge in [-0.1, -0.05) is 19.1 Å². The Morgan fingerprint density at radius 2 is 2.03 bits per heavy atom. The Bertz CT molecular complexity index is 968. The van der Waals surface area contributed by atoms with Crippen LogP contribution in [0.4, 0.5) is 5.69 Å². The normalized spacial score (nSPS) is 19.7. The van der Waals surface area contributed by atoms with Gasteiger partial charge in [0.2, 0.25) is 21.8 Å². The number of likely N-dealkylation sites (tertiary alicyclic amines) is 1. The molecule has 0 aromatic heterocycles. The highest BCUT2D eigenvalue weighted by Gasteiger charge is 2.33. The van der Waals surface area contributed by atoms with Crippen LogP contribution in [0, 0.1) is 11.8 Å². The molecule has 2 aliphatic rings. The fraction of sp³-hybridized carbons (Fsp3) is 0.652. The summed E-state index contributed by atoms with van der Waals surface area (Å²) in [5.41, 5.74) is 1.58. The second-order valence-electron chi connectivity index (χ2n) is 9.15. The van der Waals surface area contributed by atoms with Crippen LogP contribution in [0.1, 0.15) is 38.7 Å². The molecular formula is C23H35ClN4O4S2. The maximum atomic E-state index is 13.4. The zero-order chi connectivity index (χ0) is 24.7. The first-order valence-electron chi connectivity index (χ1n) is 11.8. The number of halogens is 1. The van der Waals surface area contributed by atoms with Crippen molar-refractivity contribution in [3.63, 3.8) is 0 Å². The molecular weight excluding hydrogens is 496 g/mol. The number of para-hydroxylation sites is 1. The largest absolute Gasteiger partial charge is 0.383 e. The molecule has 3 N–H and O–H groups in total. The van der Waals surface area contributed by atoms with E-state index in [1.807, 2.05) is 6.07 Å². The van der Waals surface area contributed by atoms with Crippen LogP contribution in [0.15, 0.2) is 23.1 Å². The van der Waals surface area contributed by atoms with Crippen LogP contribution in [0.5, 0.6) is 0 Å². The summed E-state index contributed by atoms with van der Waals surface area (Å²) in [7, 11) is -3.95. The third-order valence-electron chi connectivity index (χ3n) is 6.34. The van der Waals surface area contributed by atoms with Crippen molar-refractivity contribution in [3.8, 4) is 0 Å². The summed E-state index contributed by atoms with van der Waals surface area (Å²) in [6.45, 7) is 5.42. The minimum Gasteiger partial charge on any atom is -0.383 e. The Hall–Kier alpha value is -1.49. The van der Waals surface area contributed by atoms with E-state index in [9.17, 15) is 18.0 Å². The number of benzene rings is 1. The minimum absolute atomic E-state index is 0.169. The van der Waals surface area contributed by atoms with Crippen molar-refractivity contribution in [2.45, 2.75) is 50.5 Å². The number of fused-ring (bicyclic) bond motifs is 1. The quantitative estimate of drug-likeness (QED) is 0.244. The van der Waals surface area contributed by atoms with Gasteiger partial charge in [-0.3, -0.25) is 9.59 Å². The molecule has 3 rings (SSSR count). The maximum absolute atomic E-state index is 13.4. The Balaban J connectivity index is 1.76. The van der Waals surface area contributed by atoms with Gasteiger partial charge in [-0.25, -0.2) is 8.42 Å². The molecule has 1 aromatic carbocycles. The van der Waals surface area contributed by atoms with Crippen LogP contribution in [-0.2, 0) is 26.0 Å². The number of sulfonamides is 1. The number of alkyl halides is 1. The highest BCUT2D eigenvalue weighted by Crippen LogP contribution is 2.31. The number of amides is 2. The van der Waals surface area contributed by atoms with Gasteiger partial charge in [-0.05, 0) is 49.1 Å². The van der Waals surface area contributed by atoms with Gasteiger partial charge in [0.25, 0.3) is 0 Å². The van der Waals surface area contributed by atoms with Gasteiger partial charge < -0.3 is 15.5 Å². The number of carbonyl (C=O) groups is 2. The molecule has 11 heteroatoms. The van der Waals surface area contributed by atoms with E-state index >= 15 is 0 Å². The lowest BCUT2D eigenvalue weighted by Crippen LogP contribution is -2.52. The van der Waals surface area contributed by atoms with Crippen molar-refractivity contribution in [1.82, 2.24) is 14.9 Å². The van der Waals surface area contributed by atoms with Gasteiger partial charge in [-0.2, -0.15) is 4.72 Å². The number of rotatable bonds is 10. The topological polar surface area (TPSA) is 108 Å². The van der Waals surface area contributed by atoms with Crippen LogP contribution in [0.25, 0.3) is 0 Å². The Morgan fingerprint density at radius 1 is 1.29 bits per heavy atom. The van der Waals surface area contributed by atoms with Crippen molar-refractivity contribution in [2.75, 3.05) is 42.5 Å². The Morgan fingerprint density at radius 3 is 2.71 bits per heavy atom. The van der Waals surface area contributed by atoms with Gasteiger partial charge in [0.05, 0.1) is 11.6 Å². The number of nitrogens with zero attached hydrogens (tertiary/aromatic N) is 1. The van der Waals surface area contributed by atoms with E-state index in [1.165, 1.54) is 18.7 Å². The second-order valence-corrected chi connectivity index (χ2v) is 12.2. The molecule has 1 unspecified atom stereocenters. The van der Waals surface area contributed by atoms with Gasteiger partial charge in [0, 0.05) is 38.2 Å². The predicted octanol–water partition coefficient (Wildman–Crippen LogP) is 2.63. The number of hydrogen-bond acceptors (Lipinski definition) is 6. The predicted molar refractivity (Wildman–Crippen MR) is 138 cm³/mol. The molecule has 0 bridgehead atoms. The maximum Gasteiger partial charge on any atom is 0.243 e. The van der Waals surface area contributed by atoms with Gasteiger partial charge in [0.15, 0.2) is 0 Å².